The monoisotopic (exact) mass is 429 g/mol. The Morgan fingerprint density at radius 3 is 2.57 bits per heavy atom. The van der Waals surface area contributed by atoms with Crippen LogP contribution in [0.25, 0.3) is 0 Å². The molecule has 2 unspecified atom stereocenters. The van der Waals surface area contributed by atoms with E-state index >= 15 is 0 Å². The first kappa shape index (κ1) is 21.7. The second kappa shape index (κ2) is 8.39. The molecule has 0 bridgehead atoms. The highest BCUT2D eigenvalue weighted by Gasteiger charge is 2.38. The molecule has 2 heterocycles. The number of piperidine rings is 1. The van der Waals surface area contributed by atoms with Crippen LogP contribution in [0.2, 0.25) is 0 Å². The Bertz CT molecular complexity index is 900. The highest BCUT2D eigenvalue weighted by Crippen LogP contribution is 2.38. The Labute approximate surface area is 169 Å². The van der Waals surface area contributed by atoms with E-state index in [1.165, 1.54) is 21.7 Å². The molecule has 28 heavy (non-hydrogen) atoms. The molecule has 0 radical (unpaired) electrons. The molecule has 1 saturated heterocycles. The molecule has 0 aliphatic carbocycles. The van der Waals surface area contributed by atoms with Gasteiger partial charge in [0.25, 0.3) is 0 Å². The van der Waals surface area contributed by atoms with Crippen molar-refractivity contribution in [2.75, 3.05) is 32.4 Å². The highest BCUT2D eigenvalue weighted by molar-refractivity contribution is 7.90. The fourth-order valence-electron chi connectivity index (χ4n) is 4.28. The van der Waals surface area contributed by atoms with Gasteiger partial charge in [-0.2, -0.15) is 4.31 Å². The zero-order valence-electron chi connectivity index (χ0n) is 16.8. The van der Waals surface area contributed by atoms with Gasteiger partial charge in [0, 0.05) is 38.3 Å². The summed E-state index contributed by atoms with van der Waals surface area (Å²) in [5.74, 6) is 0. The predicted molar refractivity (Wildman–Crippen MR) is 111 cm³/mol. The van der Waals surface area contributed by atoms with E-state index in [1.807, 2.05) is 6.07 Å². The van der Waals surface area contributed by atoms with Crippen LogP contribution in [0.1, 0.15) is 43.9 Å². The van der Waals surface area contributed by atoms with Crippen LogP contribution in [0.4, 0.5) is 0 Å². The summed E-state index contributed by atoms with van der Waals surface area (Å²) in [7, 11) is -6.85. The maximum absolute atomic E-state index is 12.5. The van der Waals surface area contributed by atoms with Crippen LogP contribution < -0.4 is 4.72 Å². The van der Waals surface area contributed by atoms with Gasteiger partial charge in [-0.25, -0.2) is 21.6 Å². The van der Waals surface area contributed by atoms with Crippen molar-refractivity contribution < 1.29 is 16.8 Å². The van der Waals surface area contributed by atoms with Gasteiger partial charge in [0.05, 0.1) is 11.5 Å². The molecule has 7 nitrogen and oxygen atoms in total. The van der Waals surface area contributed by atoms with E-state index < -0.39 is 25.3 Å². The molecular formula is C19H31N3O4S2. The van der Waals surface area contributed by atoms with Crippen LogP contribution in [0, 0.1) is 0 Å². The van der Waals surface area contributed by atoms with Crippen molar-refractivity contribution >= 4 is 20.0 Å². The van der Waals surface area contributed by atoms with Crippen LogP contribution in [0.15, 0.2) is 24.3 Å². The van der Waals surface area contributed by atoms with Gasteiger partial charge in [-0.1, -0.05) is 24.3 Å². The normalized spacial score (nSPS) is 23.6. The van der Waals surface area contributed by atoms with Crippen LogP contribution in [-0.2, 0) is 26.5 Å². The molecule has 158 valence electrons. The summed E-state index contributed by atoms with van der Waals surface area (Å²) in [6.45, 7) is 5.31. The fourth-order valence-corrected chi connectivity index (χ4v) is 6.15. The molecule has 1 aromatic rings. The number of benzene rings is 1. The molecule has 1 N–H and O–H groups in total. The number of hydrogen-bond acceptors (Lipinski definition) is 5. The van der Waals surface area contributed by atoms with Crippen LogP contribution in [0.5, 0.6) is 0 Å². The molecule has 0 saturated carbocycles. The lowest BCUT2D eigenvalue weighted by atomic mass is 9.85. The standard InChI is InChI=1S/C19H31N3O4S2/c1-15(2)28(25,26)20-10-13-22(27(3,23)24)17-9-12-21-11-8-16-6-4-5-7-18(16)19(21)14-17/h4-7,15,17,19-20H,8-14H2,1-3H3. The summed E-state index contributed by atoms with van der Waals surface area (Å²) in [4.78, 5) is 2.45. The van der Waals surface area contributed by atoms with E-state index in [9.17, 15) is 16.8 Å². The summed E-state index contributed by atoms with van der Waals surface area (Å²) in [6, 6.07) is 8.51. The Hall–Kier alpha value is -1.00. The van der Waals surface area contributed by atoms with E-state index in [0.29, 0.717) is 0 Å². The van der Waals surface area contributed by atoms with Crippen molar-refractivity contribution in [1.82, 2.24) is 13.9 Å². The fraction of sp³-hybridized carbons (Fsp3) is 0.684. The van der Waals surface area contributed by atoms with E-state index in [4.69, 9.17) is 0 Å². The quantitative estimate of drug-likeness (QED) is 0.707. The maximum atomic E-state index is 12.5. The summed E-state index contributed by atoms with van der Waals surface area (Å²) < 4.78 is 52.9. The molecule has 2 aliphatic heterocycles. The molecule has 0 aromatic heterocycles. The highest BCUT2D eigenvalue weighted by atomic mass is 32.2. The van der Waals surface area contributed by atoms with Gasteiger partial charge in [-0.3, -0.25) is 4.90 Å². The molecule has 0 spiro atoms. The second-order valence-electron chi connectivity index (χ2n) is 8.04. The van der Waals surface area contributed by atoms with Crippen molar-refractivity contribution in [3.63, 3.8) is 0 Å². The van der Waals surface area contributed by atoms with Gasteiger partial charge in [0.1, 0.15) is 0 Å². The third-order valence-electron chi connectivity index (χ3n) is 5.86. The minimum atomic E-state index is -3.44. The number of nitrogens with zero attached hydrogens (tertiary/aromatic N) is 2. The lowest BCUT2D eigenvalue weighted by Gasteiger charge is -2.45. The average molecular weight is 430 g/mol. The van der Waals surface area contributed by atoms with E-state index in [0.717, 1.165) is 32.4 Å². The summed E-state index contributed by atoms with van der Waals surface area (Å²) in [5.41, 5.74) is 2.65. The summed E-state index contributed by atoms with van der Waals surface area (Å²) >= 11 is 0. The topological polar surface area (TPSA) is 86.8 Å². The van der Waals surface area contributed by atoms with E-state index in [-0.39, 0.29) is 25.2 Å². The van der Waals surface area contributed by atoms with Crippen LogP contribution in [-0.4, -0.2) is 69.8 Å². The van der Waals surface area contributed by atoms with Gasteiger partial charge < -0.3 is 0 Å². The van der Waals surface area contributed by atoms with E-state index in [1.54, 1.807) is 13.8 Å². The third-order valence-corrected chi connectivity index (χ3v) is 9.04. The number of sulfonamides is 2. The first-order valence-corrected chi connectivity index (χ1v) is 13.3. The first-order chi connectivity index (χ1) is 13.1. The molecule has 9 heteroatoms. The minimum Gasteiger partial charge on any atom is -0.296 e. The number of rotatable bonds is 7. The zero-order valence-corrected chi connectivity index (χ0v) is 18.5. The lowest BCUT2D eigenvalue weighted by Crippen LogP contribution is -2.51. The predicted octanol–water partition coefficient (Wildman–Crippen LogP) is 1.34. The van der Waals surface area contributed by atoms with E-state index in [2.05, 4.69) is 27.8 Å². The lowest BCUT2D eigenvalue weighted by molar-refractivity contribution is 0.0913. The van der Waals surface area contributed by atoms with Crippen LogP contribution >= 0.6 is 0 Å². The van der Waals surface area contributed by atoms with Crippen molar-refractivity contribution in [3.05, 3.63) is 35.4 Å². The molecule has 1 fully saturated rings. The molecule has 2 atom stereocenters. The number of fused-ring (bicyclic) bond motifs is 3. The number of nitrogens with one attached hydrogen (secondary N) is 1. The largest absolute Gasteiger partial charge is 0.296 e. The van der Waals surface area contributed by atoms with Gasteiger partial charge in [-0.05, 0) is 44.2 Å². The van der Waals surface area contributed by atoms with Gasteiger partial charge in [0.2, 0.25) is 20.0 Å². The third kappa shape index (κ3) is 4.76. The minimum absolute atomic E-state index is 0.0923. The van der Waals surface area contributed by atoms with Crippen molar-refractivity contribution in [2.24, 2.45) is 0 Å². The summed E-state index contributed by atoms with van der Waals surface area (Å²) in [6.07, 6.45) is 3.75. The number of hydrogen-bond donors (Lipinski definition) is 1. The van der Waals surface area contributed by atoms with Gasteiger partial charge in [0.15, 0.2) is 0 Å². The van der Waals surface area contributed by atoms with Crippen LogP contribution in [0.3, 0.4) is 0 Å². The summed E-state index contributed by atoms with van der Waals surface area (Å²) in [5, 5.41) is -0.541. The van der Waals surface area contributed by atoms with Crippen molar-refractivity contribution in [1.29, 1.82) is 0 Å². The molecule has 3 rings (SSSR count). The Balaban J connectivity index is 1.74. The SMILES string of the molecule is CC(C)S(=O)(=O)NCCN(C1CCN2CCc3ccccc3C2C1)S(C)(=O)=O. The Morgan fingerprint density at radius 2 is 1.89 bits per heavy atom. The molecule has 0 amide bonds. The first-order valence-electron chi connectivity index (χ1n) is 9.86. The zero-order chi connectivity index (χ0) is 20.5. The Kier molecular flexibility index (Phi) is 6.51. The van der Waals surface area contributed by atoms with Crippen molar-refractivity contribution in [3.8, 4) is 0 Å². The Morgan fingerprint density at radius 1 is 1.18 bits per heavy atom. The maximum Gasteiger partial charge on any atom is 0.213 e. The van der Waals surface area contributed by atoms with Crippen molar-refractivity contribution in [2.45, 2.75) is 50.4 Å². The molecule has 2 aliphatic rings. The molecular weight excluding hydrogens is 398 g/mol. The van der Waals surface area contributed by atoms with Gasteiger partial charge in [-0.15, -0.1) is 0 Å². The average Bonchev–Trinajstić information content (AvgIpc) is 2.63. The smallest absolute Gasteiger partial charge is 0.213 e. The molecule has 1 aromatic carbocycles. The van der Waals surface area contributed by atoms with Gasteiger partial charge >= 0.3 is 0 Å². The second-order valence-corrected chi connectivity index (χ2v) is 12.3.